The Hall–Kier alpha value is -3.36. The fourth-order valence-corrected chi connectivity index (χ4v) is 1.93. The summed E-state index contributed by atoms with van der Waals surface area (Å²) < 4.78 is 32.3. The van der Waals surface area contributed by atoms with Gasteiger partial charge in [-0.05, 0) is 18.2 Å². The maximum absolute atomic E-state index is 13.4. The van der Waals surface area contributed by atoms with Crippen molar-refractivity contribution in [1.82, 2.24) is 4.57 Å². The van der Waals surface area contributed by atoms with Crippen LogP contribution in [0.25, 0.3) is 0 Å². The number of esters is 1. The first-order chi connectivity index (χ1) is 11.4. The van der Waals surface area contributed by atoms with Crippen molar-refractivity contribution in [3.05, 3.63) is 58.7 Å². The van der Waals surface area contributed by atoms with E-state index < -0.39 is 23.5 Å². The molecule has 124 valence electrons. The van der Waals surface area contributed by atoms with Crippen molar-refractivity contribution in [2.75, 3.05) is 12.4 Å². The number of ether oxygens (including phenoxy) is 1. The first-order valence-electron chi connectivity index (χ1n) is 6.54. The molecule has 24 heavy (non-hydrogen) atoms. The summed E-state index contributed by atoms with van der Waals surface area (Å²) >= 11 is 0. The molecule has 0 unspecified atom stereocenters. The van der Waals surface area contributed by atoms with Crippen molar-refractivity contribution in [3.63, 3.8) is 0 Å². The fraction of sp³-hybridized carbons (Fsp3) is 0.0667. The van der Waals surface area contributed by atoms with E-state index >= 15 is 0 Å². The van der Waals surface area contributed by atoms with Crippen molar-refractivity contribution in [1.29, 1.82) is 10.8 Å². The van der Waals surface area contributed by atoms with Crippen molar-refractivity contribution < 1.29 is 23.1 Å². The van der Waals surface area contributed by atoms with Gasteiger partial charge in [-0.2, -0.15) is 0 Å². The van der Waals surface area contributed by atoms with E-state index in [2.05, 4.69) is 10.1 Å². The number of rotatable bonds is 4. The summed E-state index contributed by atoms with van der Waals surface area (Å²) in [6, 6.07) is 4.01. The lowest BCUT2D eigenvalue weighted by Crippen LogP contribution is -2.29. The Bertz CT molecular complexity index is 893. The molecule has 0 fully saturated rings. The van der Waals surface area contributed by atoms with Gasteiger partial charge in [-0.3, -0.25) is 20.2 Å². The predicted molar refractivity (Wildman–Crippen MR) is 80.1 cm³/mol. The molecule has 9 heteroatoms. The molecule has 1 aromatic carbocycles. The van der Waals surface area contributed by atoms with Crippen molar-refractivity contribution in [3.8, 4) is 0 Å². The van der Waals surface area contributed by atoms with Gasteiger partial charge in [0.15, 0.2) is 11.6 Å². The summed E-state index contributed by atoms with van der Waals surface area (Å²) in [5.41, 5.74) is -1.07. The molecule has 7 nitrogen and oxygen atoms in total. The smallest absolute Gasteiger partial charge is 0.340 e. The molecule has 0 aliphatic heterocycles. The summed E-state index contributed by atoms with van der Waals surface area (Å²) in [6.07, 6.45) is 2.22. The standard InChI is InChI=1S/C15H12F2N4O3/c1-24-15(23)9-5-10(16)11(17)6-12(9)20-14(22)8-3-2-4-21(7-18)13(8)19/h2-7,18-19H,1H3,(H,20,22). The van der Waals surface area contributed by atoms with Crippen LogP contribution >= 0.6 is 0 Å². The van der Waals surface area contributed by atoms with Crippen LogP contribution in [0.15, 0.2) is 30.5 Å². The van der Waals surface area contributed by atoms with Crippen LogP contribution < -0.4 is 10.8 Å². The molecule has 2 rings (SSSR count). The van der Waals surface area contributed by atoms with Crippen molar-refractivity contribution in [2.45, 2.75) is 0 Å². The topological polar surface area (TPSA) is 108 Å². The second-order valence-corrected chi connectivity index (χ2v) is 4.56. The quantitative estimate of drug-likeness (QED) is 0.450. The Kier molecular flexibility index (Phi) is 4.83. The lowest BCUT2D eigenvalue weighted by atomic mass is 10.1. The molecule has 0 saturated heterocycles. The van der Waals surface area contributed by atoms with Gasteiger partial charge in [0.05, 0.1) is 30.3 Å². The summed E-state index contributed by atoms with van der Waals surface area (Å²) in [5.74, 6) is -4.31. The molecule has 0 aliphatic rings. The van der Waals surface area contributed by atoms with Crippen LogP contribution in [-0.2, 0) is 4.74 Å². The van der Waals surface area contributed by atoms with Crippen LogP contribution in [0.2, 0.25) is 0 Å². The molecule has 0 bridgehead atoms. The molecule has 2 aromatic rings. The zero-order valence-corrected chi connectivity index (χ0v) is 12.4. The van der Waals surface area contributed by atoms with Gasteiger partial charge < -0.3 is 10.1 Å². The van der Waals surface area contributed by atoms with E-state index in [0.29, 0.717) is 12.1 Å². The number of aromatic nitrogens is 1. The van der Waals surface area contributed by atoms with Gasteiger partial charge in [0.25, 0.3) is 5.91 Å². The first-order valence-corrected chi connectivity index (χ1v) is 6.54. The average Bonchev–Trinajstić information content (AvgIpc) is 2.57. The Morgan fingerprint density at radius 1 is 1.25 bits per heavy atom. The highest BCUT2D eigenvalue weighted by Crippen LogP contribution is 2.21. The number of nitrogens with zero attached hydrogens (tertiary/aromatic N) is 1. The van der Waals surface area contributed by atoms with E-state index in [4.69, 9.17) is 10.8 Å². The molecule has 1 heterocycles. The second kappa shape index (κ2) is 6.82. The number of carbonyl (C=O) groups excluding carboxylic acids is 2. The van der Waals surface area contributed by atoms with Crippen LogP contribution in [0.5, 0.6) is 0 Å². The monoisotopic (exact) mass is 334 g/mol. The number of halogens is 2. The third-order valence-corrected chi connectivity index (χ3v) is 3.12. The van der Waals surface area contributed by atoms with Gasteiger partial charge in [-0.15, -0.1) is 0 Å². The van der Waals surface area contributed by atoms with Gasteiger partial charge >= 0.3 is 5.97 Å². The summed E-state index contributed by atoms with van der Waals surface area (Å²) in [6.45, 7) is 0. The number of amides is 1. The second-order valence-electron chi connectivity index (χ2n) is 4.56. The minimum atomic E-state index is -1.27. The summed E-state index contributed by atoms with van der Waals surface area (Å²) in [4.78, 5) is 23.9. The fourth-order valence-electron chi connectivity index (χ4n) is 1.93. The molecular weight excluding hydrogens is 322 g/mol. The van der Waals surface area contributed by atoms with Crippen LogP contribution in [0.3, 0.4) is 0 Å². The molecule has 1 amide bonds. The molecule has 0 atom stereocenters. The zero-order chi connectivity index (χ0) is 17.9. The third kappa shape index (κ3) is 3.19. The van der Waals surface area contributed by atoms with E-state index in [9.17, 15) is 18.4 Å². The van der Waals surface area contributed by atoms with Gasteiger partial charge in [-0.1, -0.05) is 0 Å². The molecular formula is C15H12F2N4O3. The Morgan fingerprint density at radius 3 is 2.54 bits per heavy atom. The molecule has 0 aliphatic carbocycles. The number of carbonyl (C=O) groups is 2. The maximum atomic E-state index is 13.4. The van der Waals surface area contributed by atoms with E-state index in [-0.39, 0.29) is 22.3 Å². The van der Waals surface area contributed by atoms with E-state index in [1.807, 2.05) is 0 Å². The van der Waals surface area contributed by atoms with Crippen molar-refractivity contribution >= 4 is 23.9 Å². The number of benzene rings is 1. The third-order valence-electron chi connectivity index (χ3n) is 3.12. The zero-order valence-electron chi connectivity index (χ0n) is 12.4. The minimum absolute atomic E-state index is 0.124. The minimum Gasteiger partial charge on any atom is -0.465 e. The van der Waals surface area contributed by atoms with Crippen molar-refractivity contribution in [2.24, 2.45) is 0 Å². The molecule has 0 saturated carbocycles. The number of methoxy groups -OCH3 is 1. The first kappa shape index (κ1) is 17.0. The van der Waals surface area contributed by atoms with E-state index in [1.54, 1.807) is 0 Å². The number of hydrogen-bond donors (Lipinski definition) is 3. The van der Waals surface area contributed by atoms with Gasteiger partial charge in [0.2, 0.25) is 0 Å². The van der Waals surface area contributed by atoms with E-state index in [0.717, 1.165) is 18.0 Å². The SMILES string of the molecule is COC(=O)c1cc(F)c(F)cc1NC(=O)c1cccn(C=N)c1=N. The molecule has 0 spiro atoms. The van der Waals surface area contributed by atoms with Crippen LogP contribution in [0.1, 0.15) is 20.7 Å². The average molecular weight is 334 g/mol. The summed E-state index contributed by atoms with van der Waals surface area (Å²) in [7, 11) is 1.06. The van der Waals surface area contributed by atoms with Gasteiger partial charge in [-0.25, -0.2) is 13.6 Å². The molecule has 3 N–H and O–H groups in total. The Balaban J connectivity index is 2.46. The maximum Gasteiger partial charge on any atom is 0.340 e. The Morgan fingerprint density at radius 2 is 1.92 bits per heavy atom. The normalized spacial score (nSPS) is 10.1. The van der Waals surface area contributed by atoms with Gasteiger partial charge in [0, 0.05) is 12.3 Å². The lowest BCUT2D eigenvalue weighted by Gasteiger charge is -2.11. The highest BCUT2D eigenvalue weighted by molar-refractivity contribution is 6.07. The number of anilines is 1. The summed E-state index contributed by atoms with van der Waals surface area (Å²) in [5, 5.41) is 17.2. The lowest BCUT2D eigenvalue weighted by molar-refractivity contribution is 0.0601. The highest BCUT2D eigenvalue weighted by Gasteiger charge is 2.19. The van der Waals surface area contributed by atoms with Gasteiger partial charge in [0.1, 0.15) is 5.49 Å². The Labute approximate surface area is 134 Å². The largest absolute Gasteiger partial charge is 0.465 e. The van der Waals surface area contributed by atoms with E-state index in [1.165, 1.54) is 18.3 Å². The van der Waals surface area contributed by atoms with Crippen LogP contribution in [0.4, 0.5) is 14.5 Å². The highest BCUT2D eigenvalue weighted by atomic mass is 19.2. The van der Waals surface area contributed by atoms with Crippen LogP contribution in [0, 0.1) is 22.5 Å². The predicted octanol–water partition coefficient (Wildman–Crippen LogP) is 1.74. The van der Waals surface area contributed by atoms with Crippen LogP contribution in [-0.4, -0.2) is 29.9 Å². The number of nitrogens with one attached hydrogen (secondary N) is 3. The molecule has 1 aromatic heterocycles. The number of hydrogen-bond acceptors (Lipinski definition) is 5. The molecule has 0 radical (unpaired) electrons. The number of pyridine rings is 1.